The van der Waals surface area contributed by atoms with E-state index in [4.69, 9.17) is 11.6 Å². The first-order valence-corrected chi connectivity index (χ1v) is 4.16. The lowest BCUT2D eigenvalue weighted by Gasteiger charge is -1.97. The summed E-state index contributed by atoms with van der Waals surface area (Å²) in [5, 5.41) is 0.748. The quantitative estimate of drug-likeness (QED) is 0.609. The molecule has 0 unspecified atom stereocenters. The highest BCUT2D eigenvalue weighted by Crippen LogP contribution is 2.15. The van der Waals surface area contributed by atoms with Gasteiger partial charge in [-0.25, -0.2) is 4.98 Å². The molecular formula is C9H9ClN2. The second-order valence-electron chi connectivity index (χ2n) is 2.95. The third-order valence-corrected chi connectivity index (χ3v) is 2.03. The lowest BCUT2D eigenvalue weighted by Crippen LogP contribution is -1.85. The second kappa shape index (κ2) is 2.49. The maximum Gasteiger partial charge on any atom is 0.140 e. The van der Waals surface area contributed by atoms with Gasteiger partial charge in [-0.1, -0.05) is 11.6 Å². The van der Waals surface area contributed by atoms with Crippen LogP contribution in [0.1, 0.15) is 11.3 Å². The molecule has 0 amide bonds. The van der Waals surface area contributed by atoms with Crippen LogP contribution in [0.15, 0.2) is 18.5 Å². The Bertz CT molecular complexity index is 431. The number of nitrogens with zero attached hydrogens (tertiary/aromatic N) is 2. The summed E-state index contributed by atoms with van der Waals surface area (Å²) < 4.78 is 1.95. The SMILES string of the molecule is Cc1cn2cc(Cl)cc(C)c2n1. The van der Waals surface area contributed by atoms with Gasteiger partial charge in [0.15, 0.2) is 0 Å². The van der Waals surface area contributed by atoms with Gasteiger partial charge in [0.1, 0.15) is 5.65 Å². The molecular weight excluding hydrogens is 172 g/mol. The van der Waals surface area contributed by atoms with Gasteiger partial charge >= 0.3 is 0 Å². The lowest BCUT2D eigenvalue weighted by atomic mass is 10.3. The minimum atomic E-state index is 0.748. The van der Waals surface area contributed by atoms with Crippen LogP contribution in [0.25, 0.3) is 5.65 Å². The highest BCUT2D eigenvalue weighted by Gasteiger charge is 2.01. The Morgan fingerprint density at radius 1 is 1.33 bits per heavy atom. The Balaban J connectivity index is 2.88. The molecule has 0 aliphatic carbocycles. The summed E-state index contributed by atoms with van der Waals surface area (Å²) in [6, 6.07) is 1.92. The fourth-order valence-corrected chi connectivity index (χ4v) is 1.62. The van der Waals surface area contributed by atoms with Crippen molar-refractivity contribution in [1.82, 2.24) is 9.38 Å². The van der Waals surface area contributed by atoms with Crippen LogP contribution in [-0.4, -0.2) is 9.38 Å². The van der Waals surface area contributed by atoms with Gasteiger partial charge in [-0.2, -0.15) is 0 Å². The average molecular weight is 181 g/mol. The molecule has 2 heterocycles. The molecule has 0 fully saturated rings. The van der Waals surface area contributed by atoms with Crippen LogP contribution in [0.5, 0.6) is 0 Å². The van der Waals surface area contributed by atoms with Crippen molar-refractivity contribution in [2.75, 3.05) is 0 Å². The molecule has 2 aromatic rings. The van der Waals surface area contributed by atoms with E-state index >= 15 is 0 Å². The summed E-state index contributed by atoms with van der Waals surface area (Å²) >= 11 is 5.88. The third-order valence-electron chi connectivity index (χ3n) is 1.82. The monoisotopic (exact) mass is 180 g/mol. The molecule has 2 rings (SSSR count). The molecule has 2 aromatic heterocycles. The van der Waals surface area contributed by atoms with E-state index in [0.717, 1.165) is 21.9 Å². The molecule has 0 aliphatic heterocycles. The van der Waals surface area contributed by atoms with Gasteiger partial charge in [-0.05, 0) is 25.5 Å². The summed E-state index contributed by atoms with van der Waals surface area (Å²) in [5.74, 6) is 0. The molecule has 3 heteroatoms. The molecule has 62 valence electrons. The average Bonchev–Trinajstić information content (AvgIpc) is 2.29. The summed E-state index contributed by atoms with van der Waals surface area (Å²) in [6.45, 7) is 3.98. The Labute approximate surface area is 75.8 Å². The second-order valence-corrected chi connectivity index (χ2v) is 3.39. The number of hydrogen-bond acceptors (Lipinski definition) is 1. The Morgan fingerprint density at radius 2 is 2.08 bits per heavy atom. The summed E-state index contributed by atoms with van der Waals surface area (Å²) in [6.07, 6.45) is 3.83. The number of imidazole rings is 1. The van der Waals surface area contributed by atoms with Crippen molar-refractivity contribution >= 4 is 17.2 Å². The number of pyridine rings is 1. The normalized spacial score (nSPS) is 10.9. The number of aryl methyl sites for hydroxylation is 2. The minimum absolute atomic E-state index is 0.748. The van der Waals surface area contributed by atoms with Gasteiger partial charge in [0.25, 0.3) is 0 Å². The Morgan fingerprint density at radius 3 is 2.83 bits per heavy atom. The van der Waals surface area contributed by atoms with Gasteiger partial charge in [0, 0.05) is 12.4 Å². The van der Waals surface area contributed by atoms with Crippen molar-refractivity contribution in [2.45, 2.75) is 13.8 Å². The van der Waals surface area contributed by atoms with Crippen molar-refractivity contribution in [2.24, 2.45) is 0 Å². The molecule has 12 heavy (non-hydrogen) atoms. The number of rotatable bonds is 0. The van der Waals surface area contributed by atoms with E-state index in [2.05, 4.69) is 4.98 Å². The van der Waals surface area contributed by atoms with Crippen molar-refractivity contribution in [1.29, 1.82) is 0 Å². The van der Waals surface area contributed by atoms with Crippen molar-refractivity contribution in [3.63, 3.8) is 0 Å². The van der Waals surface area contributed by atoms with Crippen LogP contribution in [0.2, 0.25) is 5.02 Å². The molecule has 0 atom stereocenters. The fourth-order valence-electron chi connectivity index (χ4n) is 1.35. The Hall–Kier alpha value is -1.02. The van der Waals surface area contributed by atoms with Gasteiger partial charge in [0.2, 0.25) is 0 Å². The molecule has 2 nitrogen and oxygen atoms in total. The van der Waals surface area contributed by atoms with E-state index in [1.54, 1.807) is 0 Å². The first-order chi connectivity index (χ1) is 5.66. The van der Waals surface area contributed by atoms with Crippen molar-refractivity contribution in [3.8, 4) is 0 Å². The number of fused-ring (bicyclic) bond motifs is 1. The number of halogens is 1. The van der Waals surface area contributed by atoms with Gasteiger partial charge in [-0.15, -0.1) is 0 Å². The predicted octanol–water partition coefficient (Wildman–Crippen LogP) is 2.60. The van der Waals surface area contributed by atoms with Crippen LogP contribution in [0.4, 0.5) is 0 Å². The molecule has 0 aliphatic rings. The first-order valence-electron chi connectivity index (χ1n) is 3.78. The van der Waals surface area contributed by atoms with Crippen LogP contribution in [-0.2, 0) is 0 Å². The third kappa shape index (κ3) is 1.08. The molecule has 0 aromatic carbocycles. The highest BCUT2D eigenvalue weighted by atomic mass is 35.5. The zero-order chi connectivity index (χ0) is 8.72. The van der Waals surface area contributed by atoms with Crippen LogP contribution in [0, 0.1) is 13.8 Å². The zero-order valence-electron chi connectivity index (χ0n) is 7.00. The number of aromatic nitrogens is 2. The molecule has 0 N–H and O–H groups in total. The maximum absolute atomic E-state index is 5.88. The maximum atomic E-state index is 5.88. The number of hydrogen-bond donors (Lipinski definition) is 0. The fraction of sp³-hybridized carbons (Fsp3) is 0.222. The molecule has 0 spiro atoms. The highest BCUT2D eigenvalue weighted by molar-refractivity contribution is 6.30. The van der Waals surface area contributed by atoms with Crippen LogP contribution < -0.4 is 0 Å². The topological polar surface area (TPSA) is 17.3 Å². The lowest BCUT2D eigenvalue weighted by molar-refractivity contribution is 1.16. The molecule has 0 saturated carbocycles. The molecule has 0 saturated heterocycles. The van der Waals surface area contributed by atoms with Gasteiger partial charge in [-0.3, -0.25) is 0 Å². The smallest absolute Gasteiger partial charge is 0.140 e. The molecule has 0 radical (unpaired) electrons. The first kappa shape index (κ1) is 7.62. The van der Waals surface area contributed by atoms with E-state index in [9.17, 15) is 0 Å². The molecule has 0 bridgehead atoms. The van der Waals surface area contributed by atoms with E-state index in [-0.39, 0.29) is 0 Å². The summed E-state index contributed by atoms with van der Waals surface area (Å²) in [7, 11) is 0. The summed E-state index contributed by atoms with van der Waals surface area (Å²) in [4.78, 5) is 4.36. The van der Waals surface area contributed by atoms with Crippen molar-refractivity contribution < 1.29 is 0 Å². The van der Waals surface area contributed by atoms with Crippen LogP contribution >= 0.6 is 11.6 Å². The Kier molecular flexibility index (Phi) is 1.58. The van der Waals surface area contributed by atoms with E-state index in [1.165, 1.54) is 0 Å². The predicted molar refractivity (Wildman–Crippen MR) is 49.7 cm³/mol. The largest absolute Gasteiger partial charge is 0.305 e. The van der Waals surface area contributed by atoms with Crippen molar-refractivity contribution in [3.05, 3.63) is 34.7 Å². The van der Waals surface area contributed by atoms with Gasteiger partial charge in [0.05, 0.1) is 10.7 Å². The van der Waals surface area contributed by atoms with Crippen LogP contribution in [0.3, 0.4) is 0 Å². The summed E-state index contributed by atoms with van der Waals surface area (Å²) in [5.41, 5.74) is 3.10. The van der Waals surface area contributed by atoms with E-state index in [1.807, 2.05) is 36.7 Å². The standard InChI is InChI=1S/C9H9ClN2/c1-6-3-8(10)5-12-4-7(2)11-9(6)12/h3-5H,1-2H3. The van der Waals surface area contributed by atoms with E-state index in [0.29, 0.717) is 0 Å². The minimum Gasteiger partial charge on any atom is -0.305 e. The van der Waals surface area contributed by atoms with E-state index < -0.39 is 0 Å². The zero-order valence-corrected chi connectivity index (χ0v) is 7.76. The van der Waals surface area contributed by atoms with Gasteiger partial charge < -0.3 is 4.40 Å².